The van der Waals surface area contributed by atoms with Crippen molar-refractivity contribution >= 4 is 0 Å². The second-order valence-corrected chi connectivity index (χ2v) is 5.05. The van der Waals surface area contributed by atoms with Crippen molar-refractivity contribution in [2.75, 3.05) is 19.7 Å². The number of ether oxygens (including phenoxy) is 1. The molecule has 0 heterocycles. The van der Waals surface area contributed by atoms with Gasteiger partial charge in [0.2, 0.25) is 0 Å². The Kier molecular flexibility index (Phi) is 7.06. The van der Waals surface area contributed by atoms with Gasteiger partial charge >= 0.3 is 0 Å². The predicted molar refractivity (Wildman–Crippen MR) is 69.8 cm³/mol. The molecule has 0 bridgehead atoms. The lowest BCUT2D eigenvalue weighted by Crippen LogP contribution is -2.42. The van der Waals surface area contributed by atoms with E-state index < -0.39 is 0 Å². The molecule has 0 amide bonds. The molecule has 1 fully saturated rings. The largest absolute Gasteiger partial charge is 0.375 e. The first-order valence-electron chi connectivity index (χ1n) is 7.17. The van der Waals surface area contributed by atoms with E-state index in [4.69, 9.17) is 4.74 Å². The van der Waals surface area contributed by atoms with Gasteiger partial charge in [-0.3, -0.25) is 0 Å². The number of unbranched alkanes of at least 4 members (excludes halogenated alkanes) is 3. The van der Waals surface area contributed by atoms with Gasteiger partial charge < -0.3 is 10.1 Å². The molecule has 1 aliphatic carbocycles. The Morgan fingerprint density at radius 2 is 1.94 bits per heavy atom. The Morgan fingerprint density at radius 1 is 1.12 bits per heavy atom. The summed E-state index contributed by atoms with van der Waals surface area (Å²) in [5.74, 6) is 0. The van der Waals surface area contributed by atoms with Crippen LogP contribution in [-0.4, -0.2) is 25.3 Å². The second kappa shape index (κ2) is 8.08. The van der Waals surface area contributed by atoms with E-state index >= 15 is 0 Å². The molecule has 0 radical (unpaired) electrons. The molecule has 16 heavy (non-hydrogen) atoms. The molecule has 0 spiro atoms. The predicted octanol–water partition coefficient (Wildman–Crippen LogP) is 3.51. The molecule has 0 unspecified atom stereocenters. The summed E-state index contributed by atoms with van der Waals surface area (Å²) < 4.78 is 6.12. The van der Waals surface area contributed by atoms with Crippen LogP contribution in [0.5, 0.6) is 0 Å². The van der Waals surface area contributed by atoms with Crippen molar-refractivity contribution in [3.63, 3.8) is 0 Å². The van der Waals surface area contributed by atoms with Gasteiger partial charge in [-0.05, 0) is 45.2 Å². The zero-order valence-electron chi connectivity index (χ0n) is 11.2. The third kappa shape index (κ3) is 4.84. The van der Waals surface area contributed by atoms with Crippen LogP contribution in [0.1, 0.15) is 65.2 Å². The Bertz CT molecular complexity index is 166. The molecular weight excluding hydrogens is 198 g/mol. The minimum absolute atomic E-state index is 0.258. The fourth-order valence-electron chi connectivity index (χ4n) is 2.35. The molecule has 0 aromatic rings. The van der Waals surface area contributed by atoms with Gasteiger partial charge in [-0.15, -0.1) is 0 Å². The average Bonchev–Trinajstić information content (AvgIpc) is 2.24. The van der Waals surface area contributed by atoms with Gasteiger partial charge in [-0.1, -0.05) is 33.1 Å². The first-order valence-corrected chi connectivity index (χ1v) is 7.17. The van der Waals surface area contributed by atoms with Crippen LogP contribution in [0.3, 0.4) is 0 Å². The van der Waals surface area contributed by atoms with Crippen molar-refractivity contribution in [3.8, 4) is 0 Å². The smallest absolute Gasteiger partial charge is 0.0694 e. The summed E-state index contributed by atoms with van der Waals surface area (Å²) in [5, 5.41) is 3.40. The fourth-order valence-corrected chi connectivity index (χ4v) is 2.35. The molecule has 1 rings (SSSR count). The second-order valence-electron chi connectivity index (χ2n) is 5.05. The molecule has 0 saturated heterocycles. The molecule has 96 valence electrons. The van der Waals surface area contributed by atoms with Crippen molar-refractivity contribution < 1.29 is 4.74 Å². The monoisotopic (exact) mass is 227 g/mol. The molecule has 0 atom stereocenters. The van der Waals surface area contributed by atoms with Gasteiger partial charge in [0.25, 0.3) is 0 Å². The number of hydrogen-bond acceptors (Lipinski definition) is 2. The summed E-state index contributed by atoms with van der Waals surface area (Å²) in [4.78, 5) is 0. The van der Waals surface area contributed by atoms with Crippen molar-refractivity contribution in [3.05, 3.63) is 0 Å². The summed E-state index contributed by atoms with van der Waals surface area (Å²) in [6.45, 7) is 7.59. The van der Waals surface area contributed by atoms with Crippen LogP contribution < -0.4 is 5.32 Å². The third-order valence-corrected chi connectivity index (χ3v) is 3.68. The van der Waals surface area contributed by atoms with E-state index in [2.05, 4.69) is 19.2 Å². The maximum Gasteiger partial charge on any atom is 0.0694 e. The first kappa shape index (κ1) is 14.0. The summed E-state index contributed by atoms with van der Waals surface area (Å²) in [6.07, 6.45) is 10.4. The highest BCUT2D eigenvalue weighted by Crippen LogP contribution is 2.38. The standard InChI is InChI=1S/C14H29NO/c1-3-5-6-7-13-16-14(9-8-10-14)11-12-15-4-2/h15H,3-13H2,1-2H3. The van der Waals surface area contributed by atoms with Gasteiger partial charge in [0, 0.05) is 6.61 Å². The molecular formula is C14H29NO. The normalized spacial score (nSPS) is 18.4. The summed E-state index contributed by atoms with van der Waals surface area (Å²) >= 11 is 0. The number of hydrogen-bond donors (Lipinski definition) is 1. The molecule has 2 heteroatoms. The van der Waals surface area contributed by atoms with Gasteiger partial charge in [-0.25, -0.2) is 0 Å². The molecule has 1 saturated carbocycles. The van der Waals surface area contributed by atoms with Gasteiger partial charge in [0.15, 0.2) is 0 Å². The van der Waals surface area contributed by atoms with E-state index in [1.54, 1.807) is 0 Å². The zero-order valence-corrected chi connectivity index (χ0v) is 11.2. The minimum Gasteiger partial charge on any atom is -0.375 e. The van der Waals surface area contributed by atoms with Crippen LogP contribution in [0.15, 0.2) is 0 Å². The minimum atomic E-state index is 0.258. The number of nitrogens with one attached hydrogen (secondary N) is 1. The van der Waals surface area contributed by atoms with E-state index in [1.807, 2.05) is 0 Å². The van der Waals surface area contributed by atoms with Gasteiger partial charge in [0.05, 0.1) is 5.60 Å². The van der Waals surface area contributed by atoms with Crippen LogP contribution in [0, 0.1) is 0 Å². The Morgan fingerprint density at radius 3 is 2.50 bits per heavy atom. The topological polar surface area (TPSA) is 21.3 Å². The molecule has 2 nitrogen and oxygen atoms in total. The third-order valence-electron chi connectivity index (χ3n) is 3.68. The lowest BCUT2D eigenvalue weighted by Gasteiger charge is -2.42. The van der Waals surface area contributed by atoms with Crippen molar-refractivity contribution in [1.82, 2.24) is 5.32 Å². The van der Waals surface area contributed by atoms with Crippen LogP contribution in [0.4, 0.5) is 0 Å². The fraction of sp³-hybridized carbons (Fsp3) is 1.00. The average molecular weight is 227 g/mol. The van der Waals surface area contributed by atoms with Gasteiger partial charge in [0.1, 0.15) is 0 Å². The maximum absolute atomic E-state index is 6.12. The number of rotatable bonds is 10. The molecule has 0 aromatic heterocycles. The SMILES string of the molecule is CCCCCCOC1(CCNCC)CCC1. The van der Waals surface area contributed by atoms with E-state index in [0.717, 1.165) is 19.7 Å². The van der Waals surface area contributed by atoms with Crippen molar-refractivity contribution in [2.45, 2.75) is 70.8 Å². The van der Waals surface area contributed by atoms with Gasteiger partial charge in [-0.2, -0.15) is 0 Å². The lowest BCUT2D eigenvalue weighted by atomic mass is 9.77. The van der Waals surface area contributed by atoms with E-state index in [1.165, 1.54) is 51.4 Å². The van der Waals surface area contributed by atoms with Crippen LogP contribution in [0.25, 0.3) is 0 Å². The van der Waals surface area contributed by atoms with E-state index in [-0.39, 0.29) is 5.60 Å². The Labute approximate surface area is 101 Å². The summed E-state index contributed by atoms with van der Waals surface area (Å²) in [7, 11) is 0. The van der Waals surface area contributed by atoms with Crippen LogP contribution >= 0.6 is 0 Å². The van der Waals surface area contributed by atoms with Crippen LogP contribution in [-0.2, 0) is 4.74 Å². The maximum atomic E-state index is 6.12. The summed E-state index contributed by atoms with van der Waals surface area (Å²) in [6, 6.07) is 0. The Hall–Kier alpha value is -0.0800. The van der Waals surface area contributed by atoms with E-state index in [0.29, 0.717) is 0 Å². The zero-order chi connectivity index (χ0) is 11.7. The Balaban J connectivity index is 2.05. The molecule has 1 aliphatic rings. The van der Waals surface area contributed by atoms with Crippen molar-refractivity contribution in [1.29, 1.82) is 0 Å². The lowest BCUT2D eigenvalue weighted by molar-refractivity contribution is -0.105. The molecule has 0 aromatic carbocycles. The van der Waals surface area contributed by atoms with E-state index in [9.17, 15) is 0 Å². The molecule has 0 aliphatic heterocycles. The van der Waals surface area contributed by atoms with Crippen LogP contribution in [0.2, 0.25) is 0 Å². The summed E-state index contributed by atoms with van der Waals surface area (Å²) in [5.41, 5.74) is 0.258. The highest BCUT2D eigenvalue weighted by atomic mass is 16.5. The highest BCUT2D eigenvalue weighted by molar-refractivity contribution is 4.90. The molecule has 1 N–H and O–H groups in total. The quantitative estimate of drug-likeness (QED) is 0.577. The highest BCUT2D eigenvalue weighted by Gasteiger charge is 2.37. The van der Waals surface area contributed by atoms with Crippen molar-refractivity contribution in [2.24, 2.45) is 0 Å². The first-order chi connectivity index (χ1) is 7.83.